The molecule has 3 heterocycles. The topological polar surface area (TPSA) is 73.4 Å². The lowest BCUT2D eigenvalue weighted by Crippen LogP contribution is -2.52. The van der Waals surface area contributed by atoms with Crippen LogP contribution in [0.25, 0.3) is 0 Å². The van der Waals surface area contributed by atoms with Crippen LogP contribution in [-0.4, -0.2) is 60.2 Å². The first-order chi connectivity index (χ1) is 9.20. The van der Waals surface area contributed by atoms with Crippen molar-refractivity contribution in [1.29, 1.82) is 0 Å². The van der Waals surface area contributed by atoms with E-state index in [4.69, 9.17) is 11.6 Å². The number of rotatable bonds is 2. The second kappa shape index (κ2) is 4.73. The van der Waals surface area contributed by atoms with Crippen molar-refractivity contribution in [2.45, 2.75) is 6.04 Å². The van der Waals surface area contributed by atoms with Gasteiger partial charge in [0.1, 0.15) is 12.0 Å². The van der Waals surface area contributed by atoms with Crippen LogP contribution in [0.1, 0.15) is 0 Å². The van der Waals surface area contributed by atoms with Gasteiger partial charge >= 0.3 is 6.03 Å². The first kappa shape index (κ1) is 12.3. The quantitative estimate of drug-likeness (QED) is 0.768. The van der Waals surface area contributed by atoms with Crippen molar-refractivity contribution >= 4 is 29.1 Å². The monoisotopic (exact) mass is 282 g/mol. The van der Waals surface area contributed by atoms with Gasteiger partial charge in [0.25, 0.3) is 0 Å². The molecule has 0 spiro atoms. The number of piperazine rings is 1. The van der Waals surface area contributed by atoms with E-state index in [-0.39, 0.29) is 12.1 Å². The number of nitrogens with one attached hydrogen (secondary N) is 2. The molecule has 1 aromatic rings. The zero-order valence-corrected chi connectivity index (χ0v) is 11.3. The third-order valence-electron chi connectivity index (χ3n) is 3.56. The molecule has 1 aromatic heterocycles. The second-order valence-corrected chi connectivity index (χ2v) is 4.95. The van der Waals surface area contributed by atoms with Crippen molar-refractivity contribution in [2.24, 2.45) is 0 Å². The molecule has 0 aliphatic carbocycles. The fourth-order valence-electron chi connectivity index (χ4n) is 2.61. The highest BCUT2D eigenvalue weighted by Gasteiger charge is 2.36. The Balaban J connectivity index is 1.84. The summed E-state index contributed by atoms with van der Waals surface area (Å²) in [5.41, 5.74) is 0.731. The minimum Gasteiger partial charge on any atom is -0.383 e. The van der Waals surface area contributed by atoms with Gasteiger partial charge in [0, 0.05) is 33.2 Å². The van der Waals surface area contributed by atoms with Crippen LogP contribution in [0.5, 0.6) is 0 Å². The number of halogens is 1. The van der Waals surface area contributed by atoms with E-state index in [0.29, 0.717) is 18.2 Å². The lowest BCUT2D eigenvalue weighted by Gasteiger charge is -2.37. The van der Waals surface area contributed by atoms with E-state index in [9.17, 15) is 4.79 Å². The Morgan fingerprint density at radius 3 is 3.11 bits per heavy atom. The van der Waals surface area contributed by atoms with Gasteiger partial charge < -0.3 is 20.4 Å². The van der Waals surface area contributed by atoms with Crippen molar-refractivity contribution in [1.82, 2.24) is 20.2 Å². The smallest absolute Gasteiger partial charge is 0.317 e. The molecule has 1 atom stereocenters. The maximum atomic E-state index is 11.6. The molecular weight excluding hydrogens is 268 g/mol. The number of hydrogen-bond acceptors (Lipinski definition) is 5. The summed E-state index contributed by atoms with van der Waals surface area (Å²) in [5.74, 6) is 0.793. The van der Waals surface area contributed by atoms with Crippen LogP contribution in [0.4, 0.5) is 16.3 Å². The van der Waals surface area contributed by atoms with E-state index in [1.165, 1.54) is 6.33 Å². The molecule has 8 heteroatoms. The van der Waals surface area contributed by atoms with Gasteiger partial charge in [-0.15, -0.1) is 0 Å². The number of carbonyl (C=O) groups is 1. The summed E-state index contributed by atoms with van der Waals surface area (Å²) in [4.78, 5) is 23.9. The lowest BCUT2D eigenvalue weighted by atomic mass is 10.2. The number of nitrogens with zero attached hydrogens (tertiary/aromatic N) is 4. The Kier molecular flexibility index (Phi) is 3.06. The van der Waals surface area contributed by atoms with Gasteiger partial charge in [0.05, 0.1) is 6.04 Å². The number of anilines is 2. The fraction of sp³-hybridized carbons (Fsp3) is 0.545. The molecule has 0 radical (unpaired) electrons. The third-order valence-corrected chi connectivity index (χ3v) is 3.85. The van der Waals surface area contributed by atoms with Gasteiger partial charge in [-0.1, -0.05) is 11.6 Å². The molecule has 2 amide bonds. The molecule has 2 aliphatic rings. The Hall–Kier alpha value is -1.76. The van der Waals surface area contributed by atoms with E-state index >= 15 is 0 Å². The second-order valence-electron chi connectivity index (χ2n) is 4.59. The number of urea groups is 1. The van der Waals surface area contributed by atoms with E-state index < -0.39 is 0 Å². The minimum atomic E-state index is 0.0270. The highest BCUT2D eigenvalue weighted by atomic mass is 35.5. The summed E-state index contributed by atoms with van der Waals surface area (Å²) in [6, 6.07) is 0.221. The van der Waals surface area contributed by atoms with Crippen molar-refractivity contribution in [3.63, 3.8) is 0 Å². The molecule has 2 aliphatic heterocycles. The first-order valence-corrected chi connectivity index (χ1v) is 6.56. The molecule has 0 bridgehead atoms. The van der Waals surface area contributed by atoms with Crippen LogP contribution >= 0.6 is 11.6 Å². The summed E-state index contributed by atoms with van der Waals surface area (Å²) in [6.45, 7) is 2.87. The van der Waals surface area contributed by atoms with Crippen LogP contribution < -0.4 is 15.5 Å². The van der Waals surface area contributed by atoms with Gasteiger partial charge in [0.2, 0.25) is 0 Å². The summed E-state index contributed by atoms with van der Waals surface area (Å²) in [6.07, 6.45) is 1.46. The lowest BCUT2D eigenvalue weighted by molar-refractivity contribution is 0.197. The molecule has 2 saturated heterocycles. The number of carbonyl (C=O) groups excluding carboxylic acids is 1. The molecule has 19 heavy (non-hydrogen) atoms. The highest BCUT2D eigenvalue weighted by Crippen LogP contribution is 2.30. The van der Waals surface area contributed by atoms with E-state index in [1.54, 1.807) is 7.05 Å². The van der Waals surface area contributed by atoms with Crippen LogP contribution in [0, 0.1) is 0 Å². The maximum Gasteiger partial charge on any atom is 0.317 e. The zero-order valence-electron chi connectivity index (χ0n) is 10.6. The van der Waals surface area contributed by atoms with Gasteiger partial charge in [-0.3, -0.25) is 0 Å². The molecule has 0 saturated carbocycles. The molecule has 3 rings (SSSR count). The van der Waals surface area contributed by atoms with E-state index in [2.05, 4.69) is 25.5 Å². The molecular formula is C11H15ClN6O. The average molecular weight is 283 g/mol. The highest BCUT2D eigenvalue weighted by molar-refractivity contribution is 6.32. The summed E-state index contributed by atoms with van der Waals surface area (Å²) < 4.78 is 0. The standard InChI is InChI=1S/C11H15ClN6O/c1-13-8-9(12)15-6-16-10(8)17-2-3-18-7(5-17)4-14-11(18)19/h6-7,13H,2-5H2,1H3,(H,14,19). The Morgan fingerprint density at radius 2 is 2.32 bits per heavy atom. The number of aromatic nitrogens is 2. The van der Waals surface area contributed by atoms with Crippen molar-refractivity contribution in [3.05, 3.63) is 11.5 Å². The summed E-state index contributed by atoms with van der Waals surface area (Å²) in [7, 11) is 1.80. The molecule has 7 nitrogen and oxygen atoms in total. The predicted octanol–water partition coefficient (Wildman–Crippen LogP) is 0.385. The minimum absolute atomic E-state index is 0.0270. The largest absolute Gasteiger partial charge is 0.383 e. The van der Waals surface area contributed by atoms with Crippen molar-refractivity contribution in [2.75, 3.05) is 43.4 Å². The molecule has 2 fully saturated rings. The molecule has 2 N–H and O–H groups in total. The summed E-state index contributed by atoms with van der Waals surface area (Å²) >= 11 is 6.07. The van der Waals surface area contributed by atoms with Gasteiger partial charge in [-0.05, 0) is 0 Å². The predicted molar refractivity (Wildman–Crippen MR) is 72.7 cm³/mol. The van der Waals surface area contributed by atoms with Crippen LogP contribution in [-0.2, 0) is 0 Å². The van der Waals surface area contributed by atoms with Crippen molar-refractivity contribution in [3.8, 4) is 0 Å². The Bertz CT molecular complexity index is 510. The number of hydrogen-bond donors (Lipinski definition) is 2. The SMILES string of the molecule is CNc1c(Cl)ncnc1N1CCN2C(=O)NCC2C1. The maximum absolute atomic E-state index is 11.6. The fourth-order valence-corrected chi connectivity index (χ4v) is 2.83. The molecule has 1 unspecified atom stereocenters. The van der Waals surface area contributed by atoms with E-state index in [1.807, 2.05) is 4.90 Å². The third kappa shape index (κ3) is 2.03. The number of amides is 2. The van der Waals surface area contributed by atoms with Gasteiger partial charge in [0.15, 0.2) is 11.0 Å². The van der Waals surface area contributed by atoms with Gasteiger partial charge in [-0.25, -0.2) is 14.8 Å². The van der Waals surface area contributed by atoms with Crippen LogP contribution in [0.15, 0.2) is 6.33 Å². The molecule has 102 valence electrons. The van der Waals surface area contributed by atoms with Gasteiger partial charge in [-0.2, -0.15) is 0 Å². The van der Waals surface area contributed by atoms with Crippen molar-refractivity contribution < 1.29 is 4.79 Å². The van der Waals surface area contributed by atoms with E-state index in [0.717, 1.165) is 24.6 Å². The summed E-state index contributed by atoms with van der Waals surface area (Å²) in [5, 5.41) is 6.31. The van der Waals surface area contributed by atoms with Crippen LogP contribution in [0.3, 0.4) is 0 Å². The average Bonchev–Trinajstić information content (AvgIpc) is 2.79. The normalized spacial score (nSPS) is 22.2. The number of fused-ring (bicyclic) bond motifs is 1. The molecule has 0 aromatic carbocycles. The Morgan fingerprint density at radius 1 is 1.47 bits per heavy atom. The van der Waals surface area contributed by atoms with Crippen LogP contribution in [0.2, 0.25) is 5.15 Å². The Labute approximate surface area is 115 Å². The zero-order chi connectivity index (χ0) is 13.4. The first-order valence-electron chi connectivity index (χ1n) is 6.18.